The number of aromatic nitrogens is 1. The lowest BCUT2D eigenvalue weighted by molar-refractivity contribution is 0.635. The Morgan fingerprint density at radius 3 is 2.74 bits per heavy atom. The number of hydrazine groups is 1. The van der Waals surface area contributed by atoms with Gasteiger partial charge in [-0.05, 0) is 35.2 Å². The molecule has 0 bridgehead atoms. The van der Waals surface area contributed by atoms with Crippen LogP contribution in [0.5, 0.6) is 0 Å². The summed E-state index contributed by atoms with van der Waals surface area (Å²) >= 11 is 5.93. The van der Waals surface area contributed by atoms with Gasteiger partial charge in [0.2, 0.25) is 0 Å². The summed E-state index contributed by atoms with van der Waals surface area (Å²) in [5.41, 5.74) is 6.31. The summed E-state index contributed by atoms with van der Waals surface area (Å²) in [4.78, 5) is 3.99. The van der Waals surface area contributed by atoms with Crippen LogP contribution in [0.15, 0.2) is 42.6 Å². The number of nitrogens with one attached hydrogen (secondary N) is 1. The number of hydrogen-bond donors (Lipinski definition) is 2. The average Bonchev–Trinajstić information content (AvgIpc) is 2.41. The molecular formula is C15H18ClN3. The van der Waals surface area contributed by atoms with Gasteiger partial charge in [-0.3, -0.25) is 5.84 Å². The van der Waals surface area contributed by atoms with Crippen LogP contribution in [0.2, 0.25) is 5.15 Å². The number of pyridine rings is 1. The third-order valence-corrected chi connectivity index (χ3v) is 3.28. The van der Waals surface area contributed by atoms with Crippen LogP contribution in [0, 0.1) is 0 Å². The largest absolute Gasteiger partial charge is 0.271 e. The van der Waals surface area contributed by atoms with Gasteiger partial charge in [0.25, 0.3) is 0 Å². The molecule has 0 amide bonds. The van der Waals surface area contributed by atoms with Crippen molar-refractivity contribution in [2.24, 2.45) is 5.84 Å². The highest BCUT2D eigenvalue weighted by molar-refractivity contribution is 6.29. The molecule has 1 aromatic heterocycles. The Hall–Kier alpha value is -1.42. The average molecular weight is 276 g/mol. The second-order valence-corrected chi connectivity index (χ2v) is 4.89. The Balaban J connectivity index is 2.33. The minimum absolute atomic E-state index is 0.0719. The predicted octanol–water partition coefficient (Wildman–Crippen LogP) is 3.24. The predicted molar refractivity (Wildman–Crippen MR) is 78.9 cm³/mol. The van der Waals surface area contributed by atoms with Gasteiger partial charge in [0.1, 0.15) is 5.15 Å². The highest BCUT2D eigenvalue weighted by Crippen LogP contribution is 2.23. The molecular weight excluding hydrogens is 258 g/mol. The van der Waals surface area contributed by atoms with E-state index < -0.39 is 0 Å². The molecule has 3 N–H and O–H groups in total. The van der Waals surface area contributed by atoms with Crippen molar-refractivity contribution in [3.63, 3.8) is 0 Å². The Kier molecular flexibility index (Phi) is 4.91. The number of benzene rings is 1. The standard InChI is InChI=1S/C15H18ClN3/c1-2-4-11-5-3-6-12(9-11)15(19-17)13-7-8-18-14(16)10-13/h3,5-10,15,19H,2,4,17H2,1H3. The van der Waals surface area contributed by atoms with Gasteiger partial charge in [0.05, 0.1) is 6.04 Å². The molecule has 2 aromatic rings. The number of nitrogens with zero attached hydrogens (tertiary/aromatic N) is 1. The number of rotatable bonds is 5. The van der Waals surface area contributed by atoms with Gasteiger partial charge in [-0.15, -0.1) is 0 Å². The van der Waals surface area contributed by atoms with Crippen LogP contribution in [0.25, 0.3) is 0 Å². The zero-order valence-corrected chi connectivity index (χ0v) is 11.7. The third-order valence-electron chi connectivity index (χ3n) is 3.07. The Morgan fingerprint density at radius 1 is 1.26 bits per heavy atom. The van der Waals surface area contributed by atoms with E-state index in [1.165, 1.54) is 5.56 Å². The maximum atomic E-state index is 5.93. The quantitative estimate of drug-likeness (QED) is 0.500. The fraction of sp³-hybridized carbons (Fsp3) is 0.267. The first-order chi connectivity index (χ1) is 9.24. The highest BCUT2D eigenvalue weighted by Gasteiger charge is 2.13. The molecule has 1 atom stereocenters. The van der Waals surface area contributed by atoms with Gasteiger partial charge in [-0.25, -0.2) is 10.4 Å². The summed E-state index contributed by atoms with van der Waals surface area (Å²) < 4.78 is 0. The van der Waals surface area contributed by atoms with Crippen molar-refractivity contribution < 1.29 is 0 Å². The van der Waals surface area contributed by atoms with E-state index in [9.17, 15) is 0 Å². The summed E-state index contributed by atoms with van der Waals surface area (Å²) in [6.07, 6.45) is 3.89. The molecule has 2 rings (SSSR count). The number of nitrogens with two attached hydrogens (primary N) is 1. The Labute approximate surface area is 118 Å². The summed E-state index contributed by atoms with van der Waals surface area (Å²) in [6.45, 7) is 2.17. The molecule has 19 heavy (non-hydrogen) atoms. The SMILES string of the molecule is CCCc1cccc(C(NN)c2ccnc(Cl)c2)c1. The molecule has 1 aromatic carbocycles. The molecule has 100 valence electrons. The molecule has 0 aliphatic carbocycles. The fourth-order valence-electron chi connectivity index (χ4n) is 2.20. The lowest BCUT2D eigenvalue weighted by Gasteiger charge is -2.17. The summed E-state index contributed by atoms with van der Waals surface area (Å²) in [5.74, 6) is 5.70. The van der Waals surface area contributed by atoms with E-state index in [0.29, 0.717) is 5.15 Å². The number of halogens is 1. The van der Waals surface area contributed by atoms with E-state index in [1.807, 2.05) is 12.1 Å². The van der Waals surface area contributed by atoms with Crippen LogP contribution in [-0.2, 0) is 6.42 Å². The molecule has 0 saturated carbocycles. The molecule has 0 radical (unpaired) electrons. The van der Waals surface area contributed by atoms with Crippen molar-refractivity contribution in [3.05, 3.63) is 64.4 Å². The van der Waals surface area contributed by atoms with Crippen LogP contribution in [0.3, 0.4) is 0 Å². The van der Waals surface area contributed by atoms with Crippen molar-refractivity contribution in [3.8, 4) is 0 Å². The topological polar surface area (TPSA) is 50.9 Å². The Bertz CT molecular complexity index is 542. The monoisotopic (exact) mass is 275 g/mol. The van der Waals surface area contributed by atoms with Gasteiger partial charge < -0.3 is 0 Å². The molecule has 0 spiro atoms. The molecule has 0 aliphatic heterocycles. The molecule has 1 unspecified atom stereocenters. The van der Waals surface area contributed by atoms with Crippen molar-refractivity contribution in [2.75, 3.05) is 0 Å². The molecule has 0 aliphatic rings. The van der Waals surface area contributed by atoms with Gasteiger partial charge in [0, 0.05) is 6.20 Å². The highest BCUT2D eigenvalue weighted by atomic mass is 35.5. The maximum absolute atomic E-state index is 5.93. The first-order valence-corrected chi connectivity index (χ1v) is 6.78. The maximum Gasteiger partial charge on any atom is 0.129 e. The van der Waals surface area contributed by atoms with E-state index in [2.05, 4.69) is 41.6 Å². The van der Waals surface area contributed by atoms with Crippen molar-refractivity contribution in [2.45, 2.75) is 25.8 Å². The van der Waals surface area contributed by atoms with Gasteiger partial charge in [-0.2, -0.15) is 0 Å². The third kappa shape index (κ3) is 3.53. The normalized spacial score (nSPS) is 12.4. The summed E-state index contributed by atoms with van der Waals surface area (Å²) in [7, 11) is 0. The Morgan fingerprint density at radius 2 is 2.05 bits per heavy atom. The van der Waals surface area contributed by atoms with Crippen LogP contribution >= 0.6 is 11.6 Å². The fourth-order valence-corrected chi connectivity index (χ4v) is 2.38. The van der Waals surface area contributed by atoms with Crippen LogP contribution < -0.4 is 11.3 Å². The zero-order valence-electron chi connectivity index (χ0n) is 10.9. The van der Waals surface area contributed by atoms with E-state index in [1.54, 1.807) is 6.20 Å². The second kappa shape index (κ2) is 6.66. The first-order valence-electron chi connectivity index (χ1n) is 6.41. The first kappa shape index (κ1) is 14.0. The lowest BCUT2D eigenvalue weighted by Crippen LogP contribution is -2.28. The second-order valence-electron chi connectivity index (χ2n) is 4.51. The number of aryl methyl sites for hydroxylation is 1. The van der Waals surface area contributed by atoms with E-state index in [-0.39, 0.29) is 6.04 Å². The smallest absolute Gasteiger partial charge is 0.129 e. The van der Waals surface area contributed by atoms with E-state index >= 15 is 0 Å². The molecule has 3 nitrogen and oxygen atoms in total. The van der Waals surface area contributed by atoms with Crippen molar-refractivity contribution >= 4 is 11.6 Å². The minimum Gasteiger partial charge on any atom is -0.271 e. The van der Waals surface area contributed by atoms with Crippen LogP contribution in [0.4, 0.5) is 0 Å². The molecule has 0 fully saturated rings. The van der Waals surface area contributed by atoms with Gasteiger partial charge in [0.15, 0.2) is 0 Å². The lowest BCUT2D eigenvalue weighted by atomic mass is 9.97. The molecule has 1 heterocycles. The van der Waals surface area contributed by atoms with Gasteiger partial charge in [-0.1, -0.05) is 49.2 Å². The number of hydrogen-bond acceptors (Lipinski definition) is 3. The van der Waals surface area contributed by atoms with E-state index in [0.717, 1.165) is 24.0 Å². The van der Waals surface area contributed by atoms with Crippen LogP contribution in [0.1, 0.15) is 36.1 Å². The van der Waals surface area contributed by atoms with Crippen molar-refractivity contribution in [1.82, 2.24) is 10.4 Å². The zero-order chi connectivity index (χ0) is 13.7. The molecule has 4 heteroatoms. The van der Waals surface area contributed by atoms with Gasteiger partial charge >= 0.3 is 0 Å². The van der Waals surface area contributed by atoms with Crippen LogP contribution in [-0.4, -0.2) is 4.98 Å². The summed E-state index contributed by atoms with van der Waals surface area (Å²) in [5, 5.41) is 0.475. The van der Waals surface area contributed by atoms with E-state index in [4.69, 9.17) is 17.4 Å². The van der Waals surface area contributed by atoms with Crippen molar-refractivity contribution in [1.29, 1.82) is 0 Å². The summed E-state index contributed by atoms with van der Waals surface area (Å²) in [6, 6.07) is 12.1. The minimum atomic E-state index is -0.0719. The molecule has 0 saturated heterocycles.